The Morgan fingerprint density at radius 3 is 2.74 bits per heavy atom. The molecule has 3 fully saturated rings. The Bertz CT molecular complexity index is 645. The molecule has 0 aromatic rings. The summed E-state index contributed by atoms with van der Waals surface area (Å²) in [4.78, 5) is 12.5. The Labute approximate surface area is 161 Å². The molecular formula is C22H34O5. The predicted molar refractivity (Wildman–Crippen MR) is 101 cm³/mol. The molecule has 0 aliphatic heterocycles. The minimum absolute atomic E-state index is 0.0251. The van der Waals surface area contributed by atoms with Gasteiger partial charge in [-0.2, -0.15) is 0 Å². The lowest BCUT2D eigenvalue weighted by atomic mass is 9.44. The summed E-state index contributed by atoms with van der Waals surface area (Å²) in [5.41, 5.74) is -0.307. The van der Waals surface area contributed by atoms with E-state index in [2.05, 4.69) is 13.0 Å². The maximum atomic E-state index is 12.5. The molecule has 0 aromatic heterocycles. The van der Waals surface area contributed by atoms with Gasteiger partial charge < -0.3 is 20.1 Å². The van der Waals surface area contributed by atoms with Crippen LogP contribution in [0.2, 0.25) is 0 Å². The molecule has 0 spiro atoms. The highest BCUT2D eigenvalue weighted by Crippen LogP contribution is 2.67. The van der Waals surface area contributed by atoms with Gasteiger partial charge in [0.2, 0.25) is 0 Å². The third-order valence-electron chi connectivity index (χ3n) is 8.72. The van der Waals surface area contributed by atoms with E-state index in [0.717, 1.165) is 25.7 Å². The van der Waals surface area contributed by atoms with Gasteiger partial charge >= 0.3 is 5.97 Å². The Balaban J connectivity index is 1.65. The van der Waals surface area contributed by atoms with Crippen molar-refractivity contribution in [2.24, 2.45) is 28.6 Å². The number of allylic oxidation sites excluding steroid dienone is 2. The average Bonchev–Trinajstić information content (AvgIpc) is 2.98. The number of rotatable bonds is 3. The zero-order chi connectivity index (χ0) is 19.4. The molecule has 4 aliphatic rings. The monoisotopic (exact) mass is 378 g/mol. The van der Waals surface area contributed by atoms with E-state index >= 15 is 0 Å². The van der Waals surface area contributed by atoms with Crippen molar-refractivity contribution in [2.75, 3.05) is 13.2 Å². The molecule has 0 bridgehead atoms. The van der Waals surface area contributed by atoms with Gasteiger partial charge in [0.25, 0.3) is 0 Å². The lowest BCUT2D eigenvalue weighted by Crippen LogP contribution is -2.64. The largest absolute Gasteiger partial charge is 0.466 e. The highest BCUT2D eigenvalue weighted by atomic mass is 16.5. The summed E-state index contributed by atoms with van der Waals surface area (Å²) < 4.78 is 5.35. The number of carbonyl (C=O) groups is 1. The number of ether oxygens (including phenoxy) is 1. The fourth-order valence-electron chi connectivity index (χ4n) is 7.29. The first-order valence-electron chi connectivity index (χ1n) is 10.7. The Morgan fingerprint density at radius 1 is 1.26 bits per heavy atom. The molecule has 5 heteroatoms. The summed E-state index contributed by atoms with van der Waals surface area (Å²) in [7, 11) is 0. The zero-order valence-corrected chi connectivity index (χ0v) is 16.6. The maximum Gasteiger partial charge on any atom is 0.310 e. The lowest BCUT2D eigenvalue weighted by molar-refractivity contribution is -0.224. The third-order valence-corrected chi connectivity index (χ3v) is 8.72. The second-order valence-electron chi connectivity index (χ2n) is 9.65. The summed E-state index contributed by atoms with van der Waals surface area (Å²) in [6.45, 7) is 4.45. The fourth-order valence-corrected chi connectivity index (χ4v) is 7.29. The minimum atomic E-state index is -0.978. The van der Waals surface area contributed by atoms with Gasteiger partial charge in [0.05, 0.1) is 30.8 Å². The molecule has 4 rings (SSSR count). The van der Waals surface area contributed by atoms with Gasteiger partial charge in [-0.15, -0.1) is 0 Å². The molecule has 0 unspecified atom stereocenters. The van der Waals surface area contributed by atoms with Crippen LogP contribution in [0.3, 0.4) is 0 Å². The fraction of sp³-hybridized carbons (Fsp3) is 0.864. The second-order valence-corrected chi connectivity index (χ2v) is 9.65. The lowest BCUT2D eigenvalue weighted by Gasteiger charge is -2.63. The van der Waals surface area contributed by atoms with Gasteiger partial charge in [-0.3, -0.25) is 4.79 Å². The minimum Gasteiger partial charge on any atom is -0.466 e. The van der Waals surface area contributed by atoms with Crippen molar-refractivity contribution >= 4 is 5.97 Å². The first kappa shape index (κ1) is 19.4. The van der Waals surface area contributed by atoms with Crippen LogP contribution in [0.25, 0.3) is 0 Å². The number of aliphatic hydroxyl groups excluding tert-OH is 2. The number of hydrogen-bond donors (Lipinski definition) is 3. The van der Waals surface area contributed by atoms with Crippen LogP contribution in [0, 0.1) is 28.6 Å². The molecule has 0 amide bonds. The van der Waals surface area contributed by atoms with E-state index in [9.17, 15) is 20.1 Å². The standard InChI is InChI=1S/C22H34O5/c1-3-27-19(25)18-5-4-16-15-7-11-22(26)12-14(24)6-10-21(22,13-23)17(15)8-9-20(16,18)2/h4,14-15,17-18,23-24,26H,3,5-13H2,1-2H3/t14-,15+,17-,18+,20-,21+,22+/m1/s1. The number of esters is 1. The number of fused-ring (bicyclic) bond motifs is 5. The van der Waals surface area contributed by atoms with Crippen molar-refractivity contribution in [3.8, 4) is 0 Å². The quantitative estimate of drug-likeness (QED) is 0.519. The number of hydrogen-bond acceptors (Lipinski definition) is 5. The SMILES string of the molecule is CCOC(=O)[C@@H]1CC=C2[C@@H]3CC[C@]4(O)C[C@H](O)CC[C@]4(CO)[C@@H]3CC[C@]21C. The van der Waals surface area contributed by atoms with Crippen LogP contribution in [0.5, 0.6) is 0 Å². The molecule has 3 saturated carbocycles. The molecule has 0 heterocycles. The molecular weight excluding hydrogens is 344 g/mol. The topological polar surface area (TPSA) is 87.0 Å². The van der Waals surface area contributed by atoms with Crippen molar-refractivity contribution in [3.05, 3.63) is 11.6 Å². The van der Waals surface area contributed by atoms with E-state index in [1.165, 1.54) is 5.57 Å². The molecule has 27 heavy (non-hydrogen) atoms. The van der Waals surface area contributed by atoms with E-state index in [0.29, 0.717) is 38.2 Å². The molecule has 3 N–H and O–H groups in total. The van der Waals surface area contributed by atoms with Crippen molar-refractivity contribution < 1.29 is 24.9 Å². The normalized spacial score (nSPS) is 48.9. The van der Waals surface area contributed by atoms with Crippen LogP contribution in [0.15, 0.2) is 11.6 Å². The van der Waals surface area contributed by atoms with Gasteiger partial charge in [-0.05, 0) is 63.7 Å². The van der Waals surface area contributed by atoms with Gasteiger partial charge in [0.1, 0.15) is 0 Å². The van der Waals surface area contributed by atoms with Crippen molar-refractivity contribution in [1.82, 2.24) is 0 Å². The van der Waals surface area contributed by atoms with E-state index in [4.69, 9.17) is 4.74 Å². The highest BCUT2D eigenvalue weighted by Gasteiger charge is 2.65. The molecule has 4 aliphatic carbocycles. The molecule has 7 atom stereocenters. The summed E-state index contributed by atoms with van der Waals surface area (Å²) in [5.74, 6) is 0.335. The van der Waals surface area contributed by atoms with Crippen LogP contribution in [0.4, 0.5) is 0 Å². The van der Waals surface area contributed by atoms with E-state index in [1.807, 2.05) is 6.92 Å². The van der Waals surface area contributed by atoms with Crippen molar-refractivity contribution in [2.45, 2.75) is 76.9 Å². The summed E-state index contributed by atoms with van der Waals surface area (Å²) in [6.07, 6.45) is 7.50. The Morgan fingerprint density at radius 2 is 2.04 bits per heavy atom. The van der Waals surface area contributed by atoms with Crippen LogP contribution in [-0.4, -0.2) is 46.2 Å². The van der Waals surface area contributed by atoms with Gasteiger partial charge in [0, 0.05) is 17.3 Å². The first-order valence-corrected chi connectivity index (χ1v) is 10.7. The molecule has 0 aromatic carbocycles. The van der Waals surface area contributed by atoms with E-state index in [1.54, 1.807) is 0 Å². The molecule has 152 valence electrons. The van der Waals surface area contributed by atoms with Crippen LogP contribution in [0.1, 0.15) is 65.2 Å². The maximum absolute atomic E-state index is 12.5. The first-order chi connectivity index (χ1) is 12.8. The Hall–Kier alpha value is -0.910. The summed E-state index contributed by atoms with van der Waals surface area (Å²) >= 11 is 0. The van der Waals surface area contributed by atoms with Crippen LogP contribution >= 0.6 is 0 Å². The van der Waals surface area contributed by atoms with E-state index in [-0.39, 0.29) is 29.8 Å². The summed E-state index contributed by atoms with van der Waals surface area (Å²) in [6, 6.07) is 0. The molecule has 0 radical (unpaired) electrons. The van der Waals surface area contributed by atoms with Gasteiger partial charge in [-0.25, -0.2) is 0 Å². The second kappa shape index (κ2) is 6.57. The van der Waals surface area contributed by atoms with Gasteiger partial charge in [0.15, 0.2) is 0 Å². The highest BCUT2D eigenvalue weighted by molar-refractivity contribution is 5.75. The summed E-state index contributed by atoms with van der Waals surface area (Å²) in [5, 5.41) is 32.1. The molecule has 5 nitrogen and oxygen atoms in total. The van der Waals surface area contributed by atoms with Crippen molar-refractivity contribution in [1.29, 1.82) is 0 Å². The van der Waals surface area contributed by atoms with Gasteiger partial charge in [-0.1, -0.05) is 18.6 Å². The number of carbonyl (C=O) groups excluding carboxylic acids is 1. The molecule has 0 saturated heterocycles. The smallest absolute Gasteiger partial charge is 0.310 e. The van der Waals surface area contributed by atoms with Crippen LogP contribution in [-0.2, 0) is 9.53 Å². The number of aliphatic hydroxyl groups is 3. The average molecular weight is 379 g/mol. The third kappa shape index (κ3) is 2.57. The zero-order valence-electron chi connectivity index (χ0n) is 16.6. The Kier molecular flexibility index (Phi) is 4.72. The van der Waals surface area contributed by atoms with E-state index < -0.39 is 17.1 Å². The van der Waals surface area contributed by atoms with Crippen molar-refractivity contribution in [3.63, 3.8) is 0 Å². The predicted octanol–water partition coefficient (Wildman–Crippen LogP) is 2.58. The van der Waals surface area contributed by atoms with Crippen LogP contribution < -0.4 is 0 Å².